The Kier molecular flexibility index (Phi) is 4.55. The first-order chi connectivity index (χ1) is 7.80. The van der Waals surface area contributed by atoms with Crippen LogP contribution in [0.15, 0.2) is 0 Å². The lowest BCUT2D eigenvalue weighted by Gasteiger charge is -2.33. The molecule has 0 spiro atoms. The van der Waals surface area contributed by atoms with E-state index in [-0.39, 0.29) is 5.91 Å². The van der Waals surface area contributed by atoms with Crippen LogP contribution in [0.1, 0.15) is 34.1 Å². The number of nitrogens with one attached hydrogen (secondary N) is 1. The zero-order chi connectivity index (χ0) is 13.2. The van der Waals surface area contributed by atoms with Crippen LogP contribution in [0.5, 0.6) is 0 Å². The number of amides is 1. The predicted octanol–water partition coefficient (Wildman–Crippen LogP) is 0.816. The van der Waals surface area contributed by atoms with Crippen molar-refractivity contribution in [3.63, 3.8) is 0 Å². The average Bonchev–Trinajstić information content (AvgIpc) is 2.59. The summed E-state index contributed by atoms with van der Waals surface area (Å²) in [6.07, 6.45) is 0.762. The molecule has 0 saturated carbocycles. The standard InChI is InChI=1S/C13H27N3O/c1-9-7-16(8-10(9)2)11(3)6-13(4,15-5)12(14)17/h9-11,15H,6-8H2,1-5H3,(H2,14,17). The van der Waals surface area contributed by atoms with E-state index in [1.54, 1.807) is 7.05 Å². The van der Waals surface area contributed by atoms with Crippen molar-refractivity contribution in [3.8, 4) is 0 Å². The van der Waals surface area contributed by atoms with Gasteiger partial charge in [0, 0.05) is 19.1 Å². The zero-order valence-corrected chi connectivity index (χ0v) is 11.8. The molecule has 17 heavy (non-hydrogen) atoms. The first-order valence-corrected chi connectivity index (χ1v) is 6.53. The summed E-state index contributed by atoms with van der Waals surface area (Å²) in [4.78, 5) is 13.9. The van der Waals surface area contributed by atoms with Crippen LogP contribution in [0.4, 0.5) is 0 Å². The Morgan fingerprint density at radius 1 is 1.47 bits per heavy atom. The Bertz CT molecular complexity index is 272. The summed E-state index contributed by atoms with van der Waals surface area (Å²) in [6, 6.07) is 0.382. The molecule has 0 aromatic heterocycles. The lowest BCUT2D eigenvalue weighted by atomic mass is 9.92. The largest absolute Gasteiger partial charge is 0.368 e. The smallest absolute Gasteiger partial charge is 0.237 e. The van der Waals surface area contributed by atoms with Crippen molar-refractivity contribution in [2.45, 2.75) is 45.7 Å². The predicted molar refractivity (Wildman–Crippen MR) is 70.6 cm³/mol. The molecule has 4 atom stereocenters. The van der Waals surface area contributed by atoms with E-state index in [1.165, 1.54) is 0 Å². The molecule has 1 aliphatic rings. The van der Waals surface area contributed by atoms with Crippen LogP contribution in [0.2, 0.25) is 0 Å². The van der Waals surface area contributed by atoms with E-state index in [0.717, 1.165) is 31.3 Å². The van der Waals surface area contributed by atoms with E-state index in [2.05, 4.69) is 31.0 Å². The minimum Gasteiger partial charge on any atom is -0.368 e. The maximum Gasteiger partial charge on any atom is 0.237 e. The van der Waals surface area contributed by atoms with E-state index in [4.69, 9.17) is 5.73 Å². The minimum atomic E-state index is -0.603. The lowest BCUT2D eigenvalue weighted by Crippen LogP contribution is -2.54. The average molecular weight is 241 g/mol. The van der Waals surface area contributed by atoms with Crippen LogP contribution in [0.3, 0.4) is 0 Å². The molecule has 100 valence electrons. The third kappa shape index (κ3) is 3.19. The van der Waals surface area contributed by atoms with E-state index in [0.29, 0.717) is 6.04 Å². The van der Waals surface area contributed by atoms with Crippen molar-refractivity contribution < 1.29 is 4.79 Å². The molecule has 0 aliphatic carbocycles. The van der Waals surface area contributed by atoms with Gasteiger partial charge in [0.15, 0.2) is 0 Å². The van der Waals surface area contributed by atoms with Crippen molar-refractivity contribution in [1.82, 2.24) is 10.2 Å². The molecule has 1 rings (SSSR count). The lowest BCUT2D eigenvalue weighted by molar-refractivity contribution is -0.124. The molecule has 1 aliphatic heterocycles. The summed E-state index contributed by atoms with van der Waals surface area (Å²) in [5, 5.41) is 3.05. The Morgan fingerprint density at radius 2 is 1.94 bits per heavy atom. The summed E-state index contributed by atoms with van der Waals surface area (Å²) >= 11 is 0. The maximum absolute atomic E-state index is 11.5. The first-order valence-electron chi connectivity index (χ1n) is 6.53. The molecule has 1 saturated heterocycles. The number of nitrogens with two attached hydrogens (primary N) is 1. The number of likely N-dealkylation sites (tertiary alicyclic amines) is 1. The van der Waals surface area contributed by atoms with Crippen molar-refractivity contribution in [2.24, 2.45) is 17.6 Å². The van der Waals surface area contributed by atoms with Crippen LogP contribution in [-0.4, -0.2) is 42.5 Å². The van der Waals surface area contributed by atoms with Crippen molar-refractivity contribution in [2.75, 3.05) is 20.1 Å². The van der Waals surface area contributed by atoms with Crippen molar-refractivity contribution in [3.05, 3.63) is 0 Å². The third-order valence-corrected chi connectivity index (χ3v) is 4.44. The molecule has 4 nitrogen and oxygen atoms in total. The summed E-state index contributed by atoms with van der Waals surface area (Å²) < 4.78 is 0. The number of primary amides is 1. The monoisotopic (exact) mass is 241 g/mol. The van der Waals surface area contributed by atoms with Crippen molar-refractivity contribution in [1.29, 1.82) is 0 Å². The van der Waals surface area contributed by atoms with Gasteiger partial charge in [-0.25, -0.2) is 0 Å². The number of carbonyl (C=O) groups is 1. The molecule has 1 fully saturated rings. The fourth-order valence-corrected chi connectivity index (χ4v) is 2.58. The fraction of sp³-hybridized carbons (Fsp3) is 0.923. The van der Waals surface area contributed by atoms with Gasteiger partial charge in [-0.2, -0.15) is 0 Å². The summed E-state index contributed by atoms with van der Waals surface area (Å²) in [5.41, 5.74) is 4.86. The number of likely N-dealkylation sites (N-methyl/N-ethyl adjacent to an activating group) is 1. The normalized spacial score (nSPS) is 31.1. The van der Waals surface area contributed by atoms with Crippen LogP contribution in [0, 0.1) is 11.8 Å². The van der Waals surface area contributed by atoms with Crippen LogP contribution >= 0.6 is 0 Å². The Labute approximate surface area is 105 Å². The molecule has 4 heteroatoms. The highest BCUT2D eigenvalue weighted by Gasteiger charge is 2.35. The first kappa shape index (κ1) is 14.5. The van der Waals surface area contributed by atoms with Crippen molar-refractivity contribution >= 4 is 5.91 Å². The van der Waals surface area contributed by atoms with E-state index in [9.17, 15) is 4.79 Å². The number of hydrogen-bond acceptors (Lipinski definition) is 3. The van der Waals surface area contributed by atoms with Crippen LogP contribution < -0.4 is 11.1 Å². The highest BCUT2D eigenvalue weighted by molar-refractivity contribution is 5.84. The molecular formula is C13H27N3O. The molecule has 0 aromatic rings. The van der Waals surface area contributed by atoms with Crippen LogP contribution in [-0.2, 0) is 4.79 Å². The molecular weight excluding hydrogens is 214 g/mol. The Hall–Kier alpha value is -0.610. The second-order valence-electron chi connectivity index (χ2n) is 5.91. The maximum atomic E-state index is 11.5. The van der Waals surface area contributed by atoms with E-state index < -0.39 is 5.54 Å². The van der Waals surface area contributed by atoms with Gasteiger partial charge >= 0.3 is 0 Å². The molecule has 0 aromatic carbocycles. The van der Waals surface area contributed by atoms with Gasteiger partial charge in [-0.15, -0.1) is 0 Å². The molecule has 1 amide bonds. The zero-order valence-electron chi connectivity index (χ0n) is 11.8. The minimum absolute atomic E-state index is 0.271. The van der Waals surface area contributed by atoms with Crippen LogP contribution in [0.25, 0.3) is 0 Å². The summed E-state index contributed by atoms with van der Waals surface area (Å²) in [6.45, 7) is 10.9. The van der Waals surface area contributed by atoms with E-state index >= 15 is 0 Å². The number of nitrogens with zero attached hydrogens (tertiary/aromatic N) is 1. The highest BCUT2D eigenvalue weighted by Crippen LogP contribution is 2.26. The van der Waals surface area contributed by atoms with Gasteiger partial charge in [0.2, 0.25) is 5.91 Å². The SMILES string of the molecule is CNC(C)(CC(C)N1CC(C)C(C)C1)C(N)=O. The van der Waals surface area contributed by atoms with Gasteiger partial charge in [0.05, 0.1) is 5.54 Å². The second kappa shape index (κ2) is 5.36. The molecule has 1 heterocycles. The van der Waals surface area contributed by atoms with Gasteiger partial charge in [-0.05, 0) is 39.2 Å². The quantitative estimate of drug-likeness (QED) is 0.749. The van der Waals surface area contributed by atoms with E-state index in [1.807, 2.05) is 6.92 Å². The topological polar surface area (TPSA) is 58.4 Å². The third-order valence-electron chi connectivity index (χ3n) is 4.44. The fourth-order valence-electron chi connectivity index (χ4n) is 2.58. The second-order valence-corrected chi connectivity index (χ2v) is 5.91. The molecule has 0 radical (unpaired) electrons. The van der Waals surface area contributed by atoms with Gasteiger partial charge in [0.25, 0.3) is 0 Å². The number of rotatable bonds is 5. The number of carbonyl (C=O) groups excluding carboxylic acids is 1. The summed E-state index contributed by atoms with van der Waals surface area (Å²) in [7, 11) is 1.80. The molecule has 3 N–H and O–H groups in total. The number of hydrogen-bond donors (Lipinski definition) is 2. The summed E-state index contributed by atoms with van der Waals surface area (Å²) in [5.74, 6) is 1.21. The van der Waals surface area contributed by atoms with Gasteiger partial charge in [-0.3, -0.25) is 4.79 Å². The highest BCUT2D eigenvalue weighted by atomic mass is 16.1. The van der Waals surface area contributed by atoms with Gasteiger partial charge in [0.1, 0.15) is 0 Å². The Morgan fingerprint density at radius 3 is 2.29 bits per heavy atom. The van der Waals surface area contributed by atoms with Gasteiger partial charge < -0.3 is 16.0 Å². The Balaban J connectivity index is 2.60. The van der Waals surface area contributed by atoms with Gasteiger partial charge in [-0.1, -0.05) is 13.8 Å². The molecule has 0 bridgehead atoms. The molecule has 4 unspecified atom stereocenters.